The van der Waals surface area contributed by atoms with Gasteiger partial charge in [-0.1, -0.05) is 13.8 Å². The molecule has 2 rings (SSSR count). The van der Waals surface area contributed by atoms with Crippen LogP contribution in [-0.2, 0) is 4.79 Å². The monoisotopic (exact) mass is 253 g/mol. The van der Waals surface area contributed by atoms with Gasteiger partial charge in [0.15, 0.2) is 0 Å². The number of rotatable bonds is 4. The Bertz CT molecular complexity index is 293. The molecule has 2 unspecified atom stereocenters. The van der Waals surface area contributed by atoms with Crippen LogP contribution in [0.15, 0.2) is 0 Å². The summed E-state index contributed by atoms with van der Waals surface area (Å²) < 4.78 is 0. The van der Waals surface area contributed by atoms with Gasteiger partial charge in [0, 0.05) is 44.2 Å². The molecule has 0 radical (unpaired) electrons. The molecule has 2 aliphatic rings. The fraction of sp³-hybridized carbons (Fsp3) is 0.929. The first-order chi connectivity index (χ1) is 8.58. The number of hydrogen-bond acceptors (Lipinski definition) is 3. The first-order valence-corrected chi connectivity index (χ1v) is 7.31. The molecule has 2 saturated heterocycles. The summed E-state index contributed by atoms with van der Waals surface area (Å²) in [6.07, 6.45) is 4.36. The normalized spacial score (nSPS) is 28.8. The van der Waals surface area contributed by atoms with Crippen LogP contribution in [0.4, 0.5) is 0 Å². The lowest BCUT2D eigenvalue weighted by Gasteiger charge is -2.26. The number of amides is 1. The summed E-state index contributed by atoms with van der Waals surface area (Å²) in [5.74, 6) is 0.323. The maximum atomic E-state index is 12.2. The standard InChI is InChI=1S/C14H27N3O/c1-11(2)15-8-6-14(18)17-9-7-12-4-5-13(10-17)16(12)3/h11-13,15H,4-10H2,1-3H3. The van der Waals surface area contributed by atoms with Crippen LogP contribution in [0, 0.1) is 0 Å². The van der Waals surface area contributed by atoms with E-state index in [0.29, 0.717) is 30.5 Å². The van der Waals surface area contributed by atoms with E-state index in [4.69, 9.17) is 0 Å². The van der Waals surface area contributed by atoms with Crippen molar-refractivity contribution in [2.45, 2.75) is 57.7 Å². The Morgan fingerprint density at radius 1 is 1.28 bits per heavy atom. The molecule has 0 aromatic carbocycles. The first kappa shape index (κ1) is 13.8. The lowest BCUT2D eigenvalue weighted by molar-refractivity contribution is -0.131. The zero-order valence-electron chi connectivity index (χ0n) is 12.0. The minimum Gasteiger partial charge on any atom is -0.341 e. The summed E-state index contributed by atoms with van der Waals surface area (Å²) in [5, 5.41) is 3.32. The maximum absolute atomic E-state index is 12.2. The largest absolute Gasteiger partial charge is 0.341 e. The van der Waals surface area contributed by atoms with Crippen LogP contribution < -0.4 is 5.32 Å². The van der Waals surface area contributed by atoms with Gasteiger partial charge >= 0.3 is 0 Å². The van der Waals surface area contributed by atoms with Crippen molar-refractivity contribution in [2.24, 2.45) is 0 Å². The van der Waals surface area contributed by atoms with Crippen molar-refractivity contribution in [3.8, 4) is 0 Å². The summed E-state index contributed by atoms with van der Waals surface area (Å²) in [6.45, 7) is 6.92. The topological polar surface area (TPSA) is 35.6 Å². The van der Waals surface area contributed by atoms with Gasteiger partial charge in [-0.25, -0.2) is 0 Å². The molecule has 0 saturated carbocycles. The van der Waals surface area contributed by atoms with Crippen molar-refractivity contribution in [1.29, 1.82) is 0 Å². The van der Waals surface area contributed by atoms with E-state index in [1.54, 1.807) is 0 Å². The van der Waals surface area contributed by atoms with Crippen molar-refractivity contribution in [3.05, 3.63) is 0 Å². The fourth-order valence-corrected chi connectivity index (χ4v) is 3.16. The van der Waals surface area contributed by atoms with Crippen molar-refractivity contribution < 1.29 is 4.79 Å². The molecule has 2 atom stereocenters. The summed E-state index contributed by atoms with van der Waals surface area (Å²) >= 11 is 0. The summed E-state index contributed by atoms with van der Waals surface area (Å²) in [6, 6.07) is 1.77. The zero-order chi connectivity index (χ0) is 13.1. The molecule has 4 nitrogen and oxygen atoms in total. The molecule has 2 heterocycles. The van der Waals surface area contributed by atoms with E-state index in [9.17, 15) is 4.79 Å². The van der Waals surface area contributed by atoms with E-state index in [1.807, 2.05) is 0 Å². The molecule has 0 aliphatic carbocycles. The average molecular weight is 253 g/mol. The van der Waals surface area contributed by atoms with Gasteiger partial charge in [-0.05, 0) is 26.3 Å². The Balaban J connectivity index is 1.80. The maximum Gasteiger partial charge on any atom is 0.223 e. The molecule has 1 amide bonds. The highest BCUT2D eigenvalue weighted by Crippen LogP contribution is 2.28. The molecule has 4 heteroatoms. The molecule has 104 valence electrons. The number of nitrogens with one attached hydrogen (secondary N) is 1. The highest BCUT2D eigenvalue weighted by atomic mass is 16.2. The van der Waals surface area contributed by atoms with E-state index in [2.05, 4.69) is 36.0 Å². The number of likely N-dealkylation sites (tertiary alicyclic amines) is 1. The van der Waals surface area contributed by atoms with Crippen LogP contribution in [0.5, 0.6) is 0 Å². The second kappa shape index (κ2) is 6.02. The van der Waals surface area contributed by atoms with Gasteiger partial charge in [-0.15, -0.1) is 0 Å². The number of nitrogens with zero attached hydrogens (tertiary/aromatic N) is 2. The third-order valence-electron chi connectivity index (χ3n) is 4.39. The Morgan fingerprint density at radius 2 is 2.00 bits per heavy atom. The molecule has 2 fully saturated rings. The summed E-state index contributed by atoms with van der Waals surface area (Å²) in [5.41, 5.74) is 0. The lowest BCUT2D eigenvalue weighted by atomic mass is 10.1. The van der Waals surface area contributed by atoms with Gasteiger partial charge < -0.3 is 10.2 Å². The third-order valence-corrected chi connectivity index (χ3v) is 4.39. The van der Waals surface area contributed by atoms with Gasteiger partial charge in [0.05, 0.1) is 0 Å². The molecule has 2 bridgehead atoms. The molecular formula is C14H27N3O. The fourth-order valence-electron chi connectivity index (χ4n) is 3.16. The van der Waals surface area contributed by atoms with Crippen LogP contribution in [0.1, 0.15) is 39.5 Å². The van der Waals surface area contributed by atoms with E-state index >= 15 is 0 Å². The first-order valence-electron chi connectivity index (χ1n) is 7.31. The van der Waals surface area contributed by atoms with Crippen LogP contribution in [0.25, 0.3) is 0 Å². The number of fused-ring (bicyclic) bond motifs is 2. The van der Waals surface area contributed by atoms with Crippen molar-refractivity contribution in [1.82, 2.24) is 15.1 Å². The smallest absolute Gasteiger partial charge is 0.223 e. The summed E-state index contributed by atoms with van der Waals surface area (Å²) in [7, 11) is 2.22. The second-order valence-electron chi connectivity index (χ2n) is 6.04. The number of likely N-dealkylation sites (N-methyl/N-ethyl adjacent to an activating group) is 1. The van der Waals surface area contributed by atoms with Crippen LogP contribution >= 0.6 is 0 Å². The second-order valence-corrected chi connectivity index (χ2v) is 6.04. The van der Waals surface area contributed by atoms with Gasteiger partial charge in [0.1, 0.15) is 0 Å². The van der Waals surface area contributed by atoms with Gasteiger partial charge in [-0.2, -0.15) is 0 Å². The minimum atomic E-state index is 0.323. The third kappa shape index (κ3) is 3.23. The number of carbonyl (C=O) groups is 1. The van der Waals surface area contributed by atoms with Crippen LogP contribution in [-0.4, -0.2) is 60.5 Å². The quantitative estimate of drug-likeness (QED) is 0.814. The van der Waals surface area contributed by atoms with Crippen LogP contribution in [0.3, 0.4) is 0 Å². The molecule has 18 heavy (non-hydrogen) atoms. The minimum absolute atomic E-state index is 0.323. The molecule has 2 aliphatic heterocycles. The van der Waals surface area contributed by atoms with Crippen molar-refractivity contribution in [2.75, 3.05) is 26.7 Å². The lowest BCUT2D eigenvalue weighted by Crippen LogP contribution is -2.40. The van der Waals surface area contributed by atoms with E-state index in [-0.39, 0.29) is 0 Å². The van der Waals surface area contributed by atoms with Gasteiger partial charge in [-0.3, -0.25) is 9.69 Å². The predicted octanol–water partition coefficient (Wildman–Crippen LogP) is 1.07. The van der Waals surface area contributed by atoms with E-state index in [0.717, 1.165) is 26.1 Å². The van der Waals surface area contributed by atoms with Crippen molar-refractivity contribution >= 4 is 5.91 Å². The van der Waals surface area contributed by atoms with Crippen LogP contribution in [0.2, 0.25) is 0 Å². The Hall–Kier alpha value is -0.610. The highest BCUT2D eigenvalue weighted by molar-refractivity contribution is 5.76. The highest BCUT2D eigenvalue weighted by Gasteiger charge is 2.35. The van der Waals surface area contributed by atoms with Gasteiger partial charge in [0.2, 0.25) is 5.91 Å². The van der Waals surface area contributed by atoms with Crippen molar-refractivity contribution in [3.63, 3.8) is 0 Å². The Labute approximate surface area is 111 Å². The zero-order valence-corrected chi connectivity index (χ0v) is 12.0. The van der Waals surface area contributed by atoms with E-state index < -0.39 is 0 Å². The van der Waals surface area contributed by atoms with E-state index in [1.165, 1.54) is 12.8 Å². The number of carbonyl (C=O) groups excluding carboxylic acids is 1. The molecule has 1 N–H and O–H groups in total. The molecule has 0 aromatic heterocycles. The molecular weight excluding hydrogens is 226 g/mol. The predicted molar refractivity (Wildman–Crippen MR) is 73.5 cm³/mol. The van der Waals surface area contributed by atoms with Gasteiger partial charge in [0.25, 0.3) is 0 Å². The molecule has 0 aromatic rings. The molecule has 0 spiro atoms. The number of hydrogen-bond donors (Lipinski definition) is 1. The Morgan fingerprint density at radius 3 is 2.72 bits per heavy atom. The summed E-state index contributed by atoms with van der Waals surface area (Å²) in [4.78, 5) is 16.8. The average Bonchev–Trinajstić information content (AvgIpc) is 2.52. The SMILES string of the molecule is CC(C)NCCC(=O)N1CCC2CCC(C1)N2C. The Kier molecular flexibility index (Phi) is 4.62.